The van der Waals surface area contributed by atoms with Gasteiger partial charge in [0, 0.05) is 12.8 Å². The molecule has 0 aromatic heterocycles. The third-order valence-electron chi connectivity index (χ3n) is 13.9. The van der Waals surface area contributed by atoms with Crippen molar-refractivity contribution in [3.8, 4) is 0 Å². The number of likely N-dealkylation sites (N-methyl/N-ethyl adjacent to an activating group) is 1. The fraction of sp³-hybridized carbons (Fsp3) is 0.966. The van der Waals surface area contributed by atoms with Gasteiger partial charge in [-0.25, -0.2) is 0 Å². The van der Waals surface area contributed by atoms with Crippen LogP contribution in [0.4, 0.5) is 0 Å². The van der Waals surface area contributed by atoms with Crippen molar-refractivity contribution < 1.29 is 42.1 Å². The van der Waals surface area contributed by atoms with Gasteiger partial charge in [-0.3, -0.25) is 14.2 Å². The van der Waals surface area contributed by atoms with Crippen LogP contribution in [0.5, 0.6) is 0 Å². The molecule has 0 aliphatic heterocycles. The number of carbonyl (C=O) groups excluding carboxylic acids is 2. The van der Waals surface area contributed by atoms with Gasteiger partial charge in [0.25, 0.3) is 7.82 Å². The monoisotopic (exact) mass is 1000 g/mol. The van der Waals surface area contributed by atoms with Crippen LogP contribution in [0.2, 0.25) is 0 Å². The van der Waals surface area contributed by atoms with Crippen LogP contribution < -0.4 is 4.89 Å². The molecule has 69 heavy (non-hydrogen) atoms. The van der Waals surface area contributed by atoms with Crippen molar-refractivity contribution >= 4 is 19.8 Å². The second-order valence-electron chi connectivity index (χ2n) is 22.1. The summed E-state index contributed by atoms with van der Waals surface area (Å²) < 4.78 is 34.2. The second kappa shape index (κ2) is 51.9. The zero-order chi connectivity index (χ0) is 50.6. The van der Waals surface area contributed by atoms with E-state index in [1.165, 1.54) is 250 Å². The number of ether oxygens (including phenoxy) is 2. The molecule has 0 N–H and O–H groups in total. The van der Waals surface area contributed by atoms with Crippen molar-refractivity contribution in [3.63, 3.8) is 0 Å². The molecule has 0 saturated heterocycles. The van der Waals surface area contributed by atoms with Crippen molar-refractivity contribution in [2.24, 2.45) is 0 Å². The molecule has 2 unspecified atom stereocenters. The first-order chi connectivity index (χ1) is 33.5. The average molecular weight is 1000 g/mol. The van der Waals surface area contributed by atoms with Gasteiger partial charge in [0.05, 0.1) is 27.7 Å². The van der Waals surface area contributed by atoms with Crippen molar-refractivity contribution in [2.75, 3.05) is 47.5 Å². The van der Waals surface area contributed by atoms with Crippen molar-refractivity contribution in [1.82, 2.24) is 0 Å². The molecule has 0 aromatic carbocycles. The lowest BCUT2D eigenvalue weighted by Crippen LogP contribution is -2.37. The molecule has 412 valence electrons. The molecule has 0 rings (SSSR count). The van der Waals surface area contributed by atoms with Gasteiger partial charge in [-0.05, 0) is 12.8 Å². The molecule has 2 atom stereocenters. The Morgan fingerprint density at radius 3 is 0.928 bits per heavy atom. The molecule has 0 aromatic rings. The third kappa shape index (κ3) is 56.2. The van der Waals surface area contributed by atoms with Crippen molar-refractivity contribution in [2.45, 2.75) is 322 Å². The van der Waals surface area contributed by atoms with Crippen molar-refractivity contribution in [3.05, 3.63) is 0 Å². The Balaban J connectivity index is 4.08. The topological polar surface area (TPSA) is 111 Å². The predicted octanol–water partition coefficient (Wildman–Crippen LogP) is 18.0. The summed E-state index contributed by atoms with van der Waals surface area (Å²) in [5.41, 5.74) is 0. The van der Waals surface area contributed by atoms with Gasteiger partial charge >= 0.3 is 11.9 Å². The average Bonchev–Trinajstić information content (AvgIpc) is 3.31. The maximum Gasteiger partial charge on any atom is 0.306 e. The first-order valence-corrected chi connectivity index (χ1v) is 31.7. The highest BCUT2D eigenvalue weighted by Crippen LogP contribution is 2.38. The molecule has 0 spiro atoms. The summed E-state index contributed by atoms with van der Waals surface area (Å²) in [6.07, 6.45) is 58.7. The lowest BCUT2D eigenvalue weighted by atomic mass is 10.0. The SMILES string of the molecule is CCCCCCCCCCCCCCCCCCCCCCCCCC(=O)OCC(COP(=O)([O-])OCC[N+](C)(C)C)OC(=O)CCCCCCCCCCCCCCCCCCCCCCCC. The minimum absolute atomic E-state index is 0.0250. The maximum absolute atomic E-state index is 12.8. The van der Waals surface area contributed by atoms with Crippen LogP contribution in [0.25, 0.3) is 0 Å². The lowest BCUT2D eigenvalue weighted by molar-refractivity contribution is -0.870. The van der Waals surface area contributed by atoms with Crippen LogP contribution >= 0.6 is 7.82 Å². The number of quaternary nitrogens is 1. The van der Waals surface area contributed by atoms with Crippen LogP contribution in [-0.4, -0.2) is 70.0 Å². The van der Waals surface area contributed by atoms with Gasteiger partial charge in [0.1, 0.15) is 19.8 Å². The molecular weight excluding hydrogens is 882 g/mol. The van der Waals surface area contributed by atoms with Gasteiger partial charge in [-0.15, -0.1) is 0 Å². The molecule has 0 bridgehead atoms. The van der Waals surface area contributed by atoms with Gasteiger partial charge in [-0.1, -0.05) is 290 Å². The zero-order valence-corrected chi connectivity index (χ0v) is 47.7. The minimum Gasteiger partial charge on any atom is -0.756 e. The molecule has 0 aliphatic rings. The van der Waals surface area contributed by atoms with Crippen LogP contribution in [-0.2, 0) is 32.7 Å². The van der Waals surface area contributed by atoms with Crippen LogP contribution in [0.15, 0.2) is 0 Å². The Labute approximate surface area is 429 Å². The summed E-state index contributed by atoms with van der Waals surface area (Å²) in [7, 11) is 1.19. The summed E-state index contributed by atoms with van der Waals surface area (Å²) >= 11 is 0. The molecular formula is C59H118NO8P. The first kappa shape index (κ1) is 68.0. The maximum atomic E-state index is 12.8. The van der Waals surface area contributed by atoms with E-state index >= 15 is 0 Å². The number of phosphoric acid groups is 1. The quantitative estimate of drug-likeness (QED) is 0.0256. The summed E-state index contributed by atoms with van der Waals surface area (Å²) in [4.78, 5) is 37.9. The summed E-state index contributed by atoms with van der Waals surface area (Å²) in [6.45, 7) is 4.32. The molecule has 9 nitrogen and oxygen atoms in total. The number of unbranched alkanes of at least 4 members (excludes halogenated alkanes) is 43. The van der Waals surface area contributed by atoms with E-state index in [2.05, 4.69) is 13.8 Å². The number of rotatable bonds is 57. The highest BCUT2D eigenvalue weighted by molar-refractivity contribution is 7.45. The van der Waals surface area contributed by atoms with Gasteiger partial charge in [0.2, 0.25) is 0 Å². The minimum atomic E-state index is -4.63. The standard InChI is InChI=1S/C59H118NO8P/c1-6-8-10-12-14-16-18-20-22-24-26-28-30-32-33-35-37-39-41-43-45-47-49-51-58(61)65-55-57(56-67-69(63,64)66-54-53-60(3,4)5)68-59(62)52-50-48-46-44-42-40-38-36-34-31-29-27-25-23-21-19-17-15-13-11-9-7-2/h57H,6-56H2,1-5H3. The van der Waals surface area contributed by atoms with Crippen LogP contribution in [0.3, 0.4) is 0 Å². The summed E-state index contributed by atoms with van der Waals surface area (Å²) in [5, 5.41) is 0. The van der Waals surface area contributed by atoms with E-state index < -0.39 is 26.5 Å². The van der Waals surface area contributed by atoms with Crippen molar-refractivity contribution in [1.29, 1.82) is 0 Å². The molecule has 0 saturated carbocycles. The number of carbonyl (C=O) groups is 2. The molecule has 0 aliphatic carbocycles. The number of hydrogen-bond donors (Lipinski definition) is 0. The third-order valence-corrected chi connectivity index (χ3v) is 14.8. The Morgan fingerprint density at radius 1 is 0.391 bits per heavy atom. The Kier molecular flexibility index (Phi) is 51.1. The Bertz CT molecular complexity index is 1130. The van der Waals surface area contributed by atoms with E-state index in [0.717, 1.165) is 32.1 Å². The number of hydrogen-bond acceptors (Lipinski definition) is 8. The number of nitrogens with zero attached hydrogens (tertiary/aromatic N) is 1. The number of esters is 2. The van der Waals surface area contributed by atoms with Gasteiger partial charge < -0.3 is 27.9 Å². The summed E-state index contributed by atoms with van der Waals surface area (Å²) in [5.74, 6) is -0.807. The smallest absolute Gasteiger partial charge is 0.306 e. The molecule has 10 heteroatoms. The fourth-order valence-electron chi connectivity index (χ4n) is 9.19. The van der Waals surface area contributed by atoms with E-state index in [9.17, 15) is 19.0 Å². The van der Waals surface area contributed by atoms with E-state index in [-0.39, 0.29) is 32.0 Å². The highest BCUT2D eigenvalue weighted by atomic mass is 31.2. The second-order valence-corrected chi connectivity index (χ2v) is 23.5. The normalized spacial score (nSPS) is 13.2. The van der Waals surface area contributed by atoms with E-state index in [1.54, 1.807) is 0 Å². The van der Waals surface area contributed by atoms with Crippen LogP contribution in [0.1, 0.15) is 316 Å². The lowest BCUT2D eigenvalue weighted by Gasteiger charge is -2.28. The Morgan fingerprint density at radius 2 is 0.652 bits per heavy atom. The van der Waals surface area contributed by atoms with E-state index in [0.29, 0.717) is 17.4 Å². The first-order valence-electron chi connectivity index (χ1n) is 30.2. The van der Waals surface area contributed by atoms with Gasteiger partial charge in [-0.2, -0.15) is 0 Å². The van der Waals surface area contributed by atoms with E-state index in [1.807, 2.05) is 21.1 Å². The fourth-order valence-corrected chi connectivity index (χ4v) is 9.92. The zero-order valence-electron chi connectivity index (χ0n) is 46.8. The Hall–Kier alpha value is -0.990. The number of phosphoric ester groups is 1. The molecule has 0 fully saturated rings. The molecule has 0 heterocycles. The predicted molar refractivity (Wildman–Crippen MR) is 292 cm³/mol. The van der Waals surface area contributed by atoms with Crippen LogP contribution in [0, 0.1) is 0 Å². The highest BCUT2D eigenvalue weighted by Gasteiger charge is 2.22. The van der Waals surface area contributed by atoms with Gasteiger partial charge in [0.15, 0.2) is 6.10 Å². The largest absolute Gasteiger partial charge is 0.756 e. The van der Waals surface area contributed by atoms with E-state index in [4.69, 9.17) is 18.5 Å². The molecule has 0 radical (unpaired) electrons. The molecule has 0 amide bonds. The summed E-state index contributed by atoms with van der Waals surface area (Å²) in [6, 6.07) is 0.